The Morgan fingerprint density at radius 2 is 1.87 bits per heavy atom. The molecule has 2 fully saturated rings. The standard InChI is InChI=1S/C23H32N2O6/c1-14(13-26)25-17-19(28)24(21(2,3)4)11-8-10-23(17)15(18(25)27)16-20(29)30-12-7-6-9-22(16,5)31-23/h6,8-10,14-17,26H,7,11-13H2,1-5H3/t14-,15+,16-,17?,22+,23+/m1/s1. The number of amides is 2. The molecule has 0 aliphatic carbocycles. The summed E-state index contributed by atoms with van der Waals surface area (Å²) in [4.78, 5) is 43.9. The van der Waals surface area contributed by atoms with Crippen molar-refractivity contribution in [3.63, 3.8) is 0 Å². The predicted octanol–water partition coefficient (Wildman–Crippen LogP) is 1.04. The molecule has 8 nitrogen and oxygen atoms in total. The molecule has 0 bridgehead atoms. The van der Waals surface area contributed by atoms with Gasteiger partial charge in [0.25, 0.3) is 0 Å². The summed E-state index contributed by atoms with van der Waals surface area (Å²) in [5.41, 5.74) is -2.87. The topological polar surface area (TPSA) is 96.4 Å². The molecule has 170 valence electrons. The molecule has 2 amide bonds. The van der Waals surface area contributed by atoms with Crippen LogP contribution in [0.4, 0.5) is 0 Å². The summed E-state index contributed by atoms with van der Waals surface area (Å²) in [6.45, 7) is 9.61. The van der Waals surface area contributed by atoms with Gasteiger partial charge in [-0.15, -0.1) is 0 Å². The fourth-order valence-corrected chi connectivity index (χ4v) is 5.59. The molecule has 2 saturated heterocycles. The Labute approximate surface area is 182 Å². The number of cyclic esters (lactones) is 1. The first-order chi connectivity index (χ1) is 14.5. The van der Waals surface area contributed by atoms with Gasteiger partial charge in [-0.25, -0.2) is 0 Å². The van der Waals surface area contributed by atoms with Crippen molar-refractivity contribution < 1.29 is 29.0 Å². The van der Waals surface area contributed by atoms with E-state index >= 15 is 0 Å². The molecule has 4 aliphatic rings. The Bertz CT molecular complexity index is 861. The number of likely N-dealkylation sites (tertiary alicyclic amines) is 1. The molecule has 0 aromatic carbocycles. The quantitative estimate of drug-likeness (QED) is 0.517. The van der Waals surface area contributed by atoms with Gasteiger partial charge in [0.05, 0.1) is 30.8 Å². The summed E-state index contributed by atoms with van der Waals surface area (Å²) in [6, 6.07) is -1.58. The minimum Gasteiger partial charge on any atom is -0.465 e. The Kier molecular flexibility index (Phi) is 5.09. The van der Waals surface area contributed by atoms with Crippen molar-refractivity contribution in [1.82, 2.24) is 9.80 Å². The number of aliphatic hydroxyl groups is 1. The van der Waals surface area contributed by atoms with E-state index in [-0.39, 0.29) is 25.0 Å². The van der Waals surface area contributed by atoms with Crippen molar-refractivity contribution in [2.24, 2.45) is 11.8 Å². The monoisotopic (exact) mass is 432 g/mol. The number of ether oxygens (including phenoxy) is 2. The van der Waals surface area contributed by atoms with E-state index in [1.165, 1.54) is 4.90 Å². The third kappa shape index (κ3) is 3.06. The maximum Gasteiger partial charge on any atom is 0.313 e. The highest BCUT2D eigenvalue weighted by Gasteiger charge is 2.75. The van der Waals surface area contributed by atoms with Gasteiger partial charge >= 0.3 is 5.97 Å². The molecule has 1 spiro atoms. The third-order valence-corrected chi connectivity index (χ3v) is 7.01. The third-order valence-electron chi connectivity index (χ3n) is 7.01. The van der Waals surface area contributed by atoms with Crippen LogP contribution in [0.3, 0.4) is 0 Å². The molecule has 0 aromatic heterocycles. The van der Waals surface area contributed by atoms with Gasteiger partial charge in [0.2, 0.25) is 11.8 Å². The molecule has 0 saturated carbocycles. The molecule has 8 heteroatoms. The van der Waals surface area contributed by atoms with Crippen molar-refractivity contribution in [3.8, 4) is 0 Å². The SMILES string of the molecule is C[C@H](CO)N1C(=O)[C@@H]2[C@@H]3C(=O)OCCC=C[C@]3(C)O[C@@]23C=CCN(C(C)(C)C)C(=O)C13. The second-order valence-corrected chi connectivity index (χ2v) is 10.2. The number of hydrogen-bond acceptors (Lipinski definition) is 6. The van der Waals surface area contributed by atoms with Crippen LogP contribution in [0.5, 0.6) is 0 Å². The van der Waals surface area contributed by atoms with Crippen molar-refractivity contribution >= 4 is 17.8 Å². The molecular formula is C23H32N2O6. The first-order valence-electron chi connectivity index (χ1n) is 10.9. The number of aliphatic hydroxyl groups excluding tert-OH is 1. The van der Waals surface area contributed by atoms with Crippen molar-refractivity contribution in [2.45, 2.75) is 69.9 Å². The fourth-order valence-electron chi connectivity index (χ4n) is 5.59. The Morgan fingerprint density at radius 1 is 1.16 bits per heavy atom. The van der Waals surface area contributed by atoms with Crippen molar-refractivity contribution in [3.05, 3.63) is 24.3 Å². The van der Waals surface area contributed by atoms with Crippen LogP contribution in [0, 0.1) is 11.8 Å². The maximum absolute atomic E-state index is 13.9. The summed E-state index contributed by atoms with van der Waals surface area (Å²) < 4.78 is 12.1. The van der Waals surface area contributed by atoms with Gasteiger partial charge in [-0.2, -0.15) is 0 Å². The number of carbonyl (C=O) groups excluding carboxylic acids is 3. The van der Waals surface area contributed by atoms with E-state index in [1.54, 1.807) is 24.8 Å². The smallest absolute Gasteiger partial charge is 0.313 e. The zero-order chi connectivity index (χ0) is 22.8. The second-order valence-electron chi connectivity index (χ2n) is 10.2. The highest BCUT2D eigenvalue weighted by atomic mass is 16.6. The molecule has 4 aliphatic heterocycles. The van der Waals surface area contributed by atoms with Gasteiger partial charge in [0.15, 0.2) is 0 Å². The fraction of sp³-hybridized carbons (Fsp3) is 0.696. The van der Waals surface area contributed by atoms with Crippen LogP contribution in [-0.2, 0) is 23.9 Å². The highest BCUT2D eigenvalue weighted by molar-refractivity contribution is 5.99. The number of fused-ring (bicyclic) bond motifs is 2. The zero-order valence-corrected chi connectivity index (χ0v) is 18.8. The van der Waals surface area contributed by atoms with E-state index < -0.39 is 46.6 Å². The lowest BCUT2D eigenvalue weighted by atomic mass is 9.74. The average molecular weight is 433 g/mol. The Balaban J connectivity index is 1.92. The van der Waals surface area contributed by atoms with Crippen LogP contribution in [0.15, 0.2) is 24.3 Å². The Morgan fingerprint density at radius 3 is 2.52 bits per heavy atom. The lowest BCUT2D eigenvalue weighted by Crippen LogP contribution is -2.60. The molecule has 6 atom stereocenters. The molecule has 1 N–H and O–H groups in total. The number of esters is 1. The number of carbonyl (C=O) groups is 3. The molecule has 0 aromatic rings. The Hall–Kier alpha value is -2.19. The van der Waals surface area contributed by atoms with E-state index in [0.717, 1.165) is 0 Å². The largest absolute Gasteiger partial charge is 0.465 e. The van der Waals surface area contributed by atoms with Crippen LogP contribution >= 0.6 is 0 Å². The van der Waals surface area contributed by atoms with Gasteiger partial charge in [-0.1, -0.05) is 24.3 Å². The van der Waals surface area contributed by atoms with Gasteiger partial charge in [-0.3, -0.25) is 14.4 Å². The van der Waals surface area contributed by atoms with Crippen LogP contribution in [-0.4, -0.2) is 81.3 Å². The molecular weight excluding hydrogens is 400 g/mol. The van der Waals surface area contributed by atoms with Crippen LogP contribution in [0.25, 0.3) is 0 Å². The zero-order valence-electron chi connectivity index (χ0n) is 18.8. The van der Waals surface area contributed by atoms with Crippen LogP contribution < -0.4 is 0 Å². The van der Waals surface area contributed by atoms with Crippen LogP contribution in [0.2, 0.25) is 0 Å². The van der Waals surface area contributed by atoms with Crippen molar-refractivity contribution in [2.75, 3.05) is 19.8 Å². The van der Waals surface area contributed by atoms with Crippen LogP contribution in [0.1, 0.15) is 41.0 Å². The normalized spacial score (nSPS) is 38.8. The van der Waals surface area contributed by atoms with E-state index in [1.807, 2.05) is 39.0 Å². The van der Waals surface area contributed by atoms with E-state index in [4.69, 9.17) is 9.47 Å². The minimum absolute atomic E-state index is 0.239. The average Bonchev–Trinajstić information content (AvgIpc) is 3.00. The molecule has 31 heavy (non-hydrogen) atoms. The predicted molar refractivity (Wildman–Crippen MR) is 112 cm³/mol. The minimum atomic E-state index is -1.31. The number of hydrogen-bond donors (Lipinski definition) is 1. The van der Waals surface area contributed by atoms with Crippen molar-refractivity contribution in [1.29, 1.82) is 0 Å². The molecule has 1 unspecified atom stereocenters. The van der Waals surface area contributed by atoms with Gasteiger partial charge in [0, 0.05) is 12.1 Å². The number of rotatable bonds is 2. The van der Waals surface area contributed by atoms with Gasteiger partial charge in [-0.05, 0) is 41.0 Å². The summed E-state index contributed by atoms with van der Waals surface area (Å²) in [7, 11) is 0. The van der Waals surface area contributed by atoms with Gasteiger partial charge in [0.1, 0.15) is 17.6 Å². The number of nitrogens with zero attached hydrogens (tertiary/aromatic N) is 2. The van der Waals surface area contributed by atoms with E-state index in [9.17, 15) is 19.5 Å². The summed E-state index contributed by atoms with van der Waals surface area (Å²) in [5, 5.41) is 9.88. The van der Waals surface area contributed by atoms with Gasteiger partial charge < -0.3 is 24.4 Å². The first kappa shape index (κ1) is 22.0. The summed E-state index contributed by atoms with van der Waals surface area (Å²) >= 11 is 0. The highest BCUT2D eigenvalue weighted by Crippen LogP contribution is 2.57. The summed E-state index contributed by atoms with van der Waals surface area (Å²) in [5.74, 6) is -2.89. The maximum atomic E-state index is 13.9. The molecule has 4 heterocycles. The lowest BCUT2D eigenvalue weighted by Gasteiger charge is -2.42. The van der Waals surface area contributed by atoms with E-state index in [2.05, 4.69) is 0 Å². The molecule has 0 radical (unpaired) electrons. The molecule has 4 rings (SSSR count). The first-order valence-corrected chi connectivity index (χ1v) is 10.9. The van der Waals surface area contributed by atoms with E-state index in [0.29, 0.717) is 13.0 Å². The second kappa shape index (κ2) is 7.17. The lowest BCUT2D eigenvalue weighted by molar-refractivity contribution is -0.162. The summed E-state index contributed by atoms with van der Waals surface area (Å²) in [6.07, 6.45) is 7.94.